The van der Waals surface area contributed by atoms with Crippen LogP contribution in [0.5, 0.6) is 0 Å². The molecule has 4 nitrogen and oxygen atoms in total. The summed E-state index contributed by atoms with van der Waals surface area (Å²) in [4.78, 5) is 11.9. The van der Waals surface area contributed by atoms with Gasteiger partial charge in [-0.3, -0.25) is 4.79 Å². The van der Waals surface area contributed by atoms with Crippen molar-refractivity contribution in [1.82, 2.24) is 0 Å². The zero-order chi connectivity index (χ0) is 12.4. The van der Waals surface area contributed by atoms with Gasteiger partial charge >= 0.3 is 0 Å². The van der Waals surface area contributed by atoms with Crippen LogP contribution in [0.4, 0.5) is 11.4 Å². The number of halogens is 1. The quantitative estimate of drug-likeness (QED) is 0.796. The molecule has 1 aromatic rings. The first-order valence-corrected chi connectivity index (χ1v) is 5.91. The predicted molar refractivity (Wildman–Crippen MR) is 68.0 cm³/mol. The lowest BCUT2D eigenvalue weighted by atomic mass is 10.1. The van der Waals surface area contributed by atoms with Crippen molar-refractivity contribution in [1.29, 1.82) is 0 Å². The molecule has 0 spiro atoms. The van der Waals surface area contributed by atoms with E-state index in [0.717, 1.165) is 6.42 Å². The van der Waals surface area contributed by atoms with Crippen molar-refractivity contribution in [3.05, 3.63) is 23.2 Å². The summed E-state index contributed by atoms with van der Waals surface area (Å²) in [5.41, 5.74) is 6.74. The molecule has 1 aliphatic rings. The van der Waals surface area contributed by atoms with E-state index in [1.54, 1.807) is 18.2 Å². The van der Waals surface area contributed by atoms with Crippen LogP contribution in [0.3, 0.4) is 0 Å². The van der Waals surface area contributed by atoms with E-state index in [0.29, 0.717) is 23.0 Å². The number of rotatable bonds is 2. The molecule has 1 heterocycles. The fourth-order valence-electron chi connectivity index (χ4n) is 1.87. The van der Waals surface area contributed by atoms with E-state index in [1.165, 1.54) is 0 Å². The van der Waals surface area contributed by atoms with Crippen LogP contribution in [0, 0.1) is 5.92 Å². The van der Waals surface area contributed by atoms with Gasteiger partial charge in [0.2, 0.25) is 5.91 Å². The molecule has 0 saturated carbocycles. The van der Waals surface area contributed by atoms with E-state index < -0.39 is 0 Å². The van der Waals surface area contributed by atoms with Crippen molar-refractivity contribution < 1.29 is 9.53 Å². The fraction of sp³-hybridized carbons (Fsp3) is 0.417. The second kappa shape index (κ2) is 4.94. The Morgan fingerprint density at radius 3 is 2.94 bits per heavy atom. The summed E-state index contributed by atoms with van der Waals surface area (Å²) in [5.74, 6) is -0.153. The molecule has 2 atom stereocenters. The molecule has 1 fully saturated rings. The number of nitrogens with one attached hydrogen (secondary N) is 1. The highest BCUT2D eigenvalue weighted by Gasteiger charge is 2.28. The molecule has 1 amide bonds. The summed E-state index contributed by atoms with van der Waals surface area (Å²) in [6.45, 7) is 2.43. The van der Waals surface area contributed by atoms with E-state index in [1.807, 2.05) is 6.92 Å². The molecule has 92 valence electrons. The number of anilines is 2. The van der Waals surface area contributed by atoms with Gasteiger partial charge < -0.3 is 15.8 Å². The van der Waals surface area contributed by atoms with Crippen molar-refractivity contribution in [2.45, 2.75) is 19.4 Å². The predicted octanol–water partition coefficient (Wildman–Crippen LogP) is 2.29. The number of hydrogen-bond acceptors (Lipinski definition) is 3. The van der Waals surface area contributed by atoms with Crippen LogP contribution in [0.1, 0.15) is 13.3 Å². The number of nitrogens with two attached hydrogens (primary N) is 1. The Balaban J connectivity index is 2.03. The molecule has 3 N–H and O–H groups in total. The number of hydrogen-bond donors (Lipinski definition) is 2. The zero-order valence-electron chi connectivity index (χ0n) is 9.57. The lowest BCUT2D eigenvalue weighted by Crippen LogP contribution is -2.23. The maximum absolute atomic E-state index is 11.9. The highest BCUT2D eigenvalue weighted by Crippen LogP contribution is 2.26. The minimum atomic E-state index is -0.0985. The number of amides is 1. The van der Waals surface area contributed by atoms with Crippen molar-refractivity contribution in [2.75, 3.05) is 17.7 Å². The van der Waals surface area contributed by atoms with E-state index >= 15 is 0 Å². The minimum absolute atomic E-state index is 0.0546. The van der Waals surface area contributed by atoms with Gasteiger partial charge in [0.1, 0.15) is 0 Å². The van der Waals surface area contributed by atoms with Gasteiger partial charge in [0.05, 0.1) is 29.3 Å². The van der Waals surface area contributed by atoms with E-state index in [4.69, 9.17) is 22.1 Å². The number of carbonyl (C=O) groups is 1. The molecule has 1 saturated heterocycles. The van der Waals surface area contributed by atoms with Crippen LogP contribution in [0.2, 0.25) is 5.02 Å². The molecule has 1 aromatic carbocycles. The largest absolute Gasteiger partial charge is 0.399 e. The van der Waals surface area contributed by atoms with Crippen molar-refractivity contribution in [3.8, 4) is 0 Å². The molecule has 2 rings (SSSR count). The standard InChI is InChI=1S/C12H15ClN2O2/c1-7-4-8(6-17-7)12(16)15-11-3-2-9(14)5-10(11)13/h2-3,5,7-8H,4,6,14H2,1H3,(H,15,16). The van der Waals surface area contributed by atoms with Gasteiger partial charge in [-0.15, -0.1) is 0 Å². The van der Waals surface area contributed by atoms with Crippen LogP contribution in [-0.2, 0) is 9.53 Å². The summed E-state index contributed by atoms with van der Waals surface area (Å²) >= 11 is 5.98. The van der Waals surface area contributed by atoms with E-state index in [9.17, 15) is 4.79 Å². The van der Waals surface area contributed by atoms with Crippen LogP contribution < -0.4 is 11.1 Å². The summed E-state index contributed by atoms with van der Waals surface area (Å²) < 4.78 is 5.36. The number of carbonyl (C=O) groups excluding carboxylic acids is 1. The molecule has 0 radical (unpaired) electrons. The molecule has 5 heteroatoms. The van der Waals surface area contributed by atoms with Gasteiger partial charge in [-0.05, 0) is 31.5 Å². The molecular formula is C12H15ClN2O2. The third-order valence-corrected chi connectivity index (χ3v) is 3.13. The fourth-order valence-corrected chi connectivity index (χ4v) is 2.10. The second-order valence-electron chi connectivity index (χ2n) is 4.31. The molecule has 0 aliphatic carbocycles. The van der Waals surface area contributed by atoms with Crippen LogP contribution >= 0.6 is 11.6 Å². The van der Waals surface area contributed by atoms with Gasteiger partial charge in [0, 0.05) is 5.69 Å². The van der Waals surface area contributed by atoms with Gasteiger partial charge in [-0.25, -0.2) is 0 Å². The Morgan fingerprint density at radius 2 is 2.35 bits per heavy atom. The first kappa shape index (κ1) is 12.2. The normalized spacial score (nSPS) is 23.6. The summed E-state index contributed by atoms with van der Waals surface area (Å²) in [6.07, 6.45) is 0.894. The van der Waals surface area contributed by atoms with Crippen molar-refractivity contribution in [3.63, 3.8) is 0 Å². The third-order valence-electron chi connectivity index (χ3n) is 2.82. The number of benzene rings is 1. The Kier molecular flexibility index (Phi) is 3.54. The minimum Gasteiger partial charge on any atom is -0.399 e. The van der Waals surface area contributed by atoms with Gasteiger partial charge in [-0.2, -0.15) is 0 Å². The third kappa shape index (κ3) is 2.90. The number of ether oxygens (including phenoxy) is 1. The van der Waals surface area contributed by atoms with Crippen LogP contribution in [0.25, 0.3) is 0 Å². The summed E-state index contributed by atoms with van der Waals surface area (Å²) in [6, 6.07) is 5.02. The highest BCUT2D eigenvalue weighted by molar-refractivity contribution is 6.34. The van der Waals surface area contributed by atoms with Crippen molar-refractivity contribution in [2.24, 2.45) is 5.92 Å². The topological polar surface area (TPSA) is 64.4 Å². The Labute approximate surface area is 105 Å². The summed E-state index contributed by atoms with van der Waals surface area (Å²) in [5, 5.41) is 3.24. The first-order chi connectivity index (χ1) is 8.06. The first-order valence-electron chi connectivity index (χ1n) is 5.53. The Morgan fingerprint density at radius 1 is 1.59 bits per heavy atom. The Hall–Kier alpha value is -1.26. The average molecular weight is 255 g/mol. The van der Waals surface area contributed by atoms with Gasteiger partial charge in [0.25, 0.3) is 0 Å². The smallest absolute Gasteiger partial charge is 0.229 e. The average Bonchev–Trinajstić information content (AvgIpc) is 2.69. The molecule has 2 unspecified atom stereocenters. The lowest BCUT2D eigenvalue weighted by molar-refractivity contribution is -0.119. The van der Waals surface area contributed by atoms with Crippen LogP contribution in [0.15, 0.2) is 18.2 Å². The van der Waals surface area contributed by atoms with E-state index in [2.05, 4.69) is 5.32 Å². The highest BCUT2D eigenvalue weighted by atomic mass is 35.5. The number of nitrogen functional groups attached to an aromatic ring is 1. The second-order valence-corrected chi connectivity index (χ2v) is 4.71. The molecule has 1 aliphatic heterocycles. The summed E-state index contributed by atoms with van der Waals surface area (Å²) in [7, 11) is 0. The van der Waals surface area contributed by atoms with Gasteiger partial charge in [-0.1, -0.05) is 11.6 Å². The zero-order valence-corrected chi connectivity index (χ0v) is 10.3. The molecule has 0 bridgehead atoms. The Bertz CT molecular complexity index is 437. The maximum Gasteiger partial charge on any atom is 0.229 e. The van der Waals surface area contributed by atoms with Gasteiger partial charge in [0.15, 0.2) is 0 Å². The lowest BCUT2D eigenvalue weighted by Gasteiger charge is -2.11. The van der Waals surface area contributed by atoms with Crippen LogP contribution in [-0.4, -0.2) is 18.6 Å². The molecule has 17 heavy (non-hydrogen) atoms. The van der Waals surface area contributed by atoms with Crippen molar-refractivity contribution >= 4 is 28.9 Å². The maximum atomic E-state index is 11.9. The SMILES string of the molecule is CC1CC(C(=O)Nc2ccc(N)cc2Cl)CO1. The van der Waals surface area contributed by atoms with E-state index in [-0.39, 0.29) is 17.9 Å². The molecular weight excluding hydrogens is 240 g/mol. The molecule has 0 aromatic heterocycles. The monoisotopic (exact) mass is 254 g/mol.